The normalized spacial score (nSPS) is 24.8. The Morgan fingerprint density at radius 2 is 1.55 bits per heavy atom. The third kappa shape index (κ3) is 7.62. The SMILES string of the molecule is CC(C)[Si]1(C(C)C)OC[C@H]2S[C@@H](n3ccc(NC(=O)c4ccccc4)nc3=O)[C@H](O[Si](C)(C)C(C)(C)C)[C@@H]2O[Si](C(C)C)(C(C)C)O1. The first-order valence-electron chi connectivity index (χ1n) is 17.1. The molecule has 262 valence electrons. The van der Waals surface area contributed by atoms with E-state index in [0.29, 0.717) is 12.2 Å². The summed E-state index contributed by atoms with van der Waals surface area (Å²) in [6.45, 7) is 29.4. The summed E-state index contributed by atoms with van der Waals surface area (Å²) in [7, 11) is -8.00. The Morgan fingerprint density at radius 3 is 2.06 bits per heavy atom. The number of hydrogen-bond donors (Lipinski definition) is 1. The molecule has 0 saturated carbocycles. The molecular weight excluding hydrogens is 663 g/mol. The fourth-order valence-corrected chi connectivity index (χ4v) is 20.8. The quantitative estimate of drug-likeness (QED) is 0.258. The molecule has 0 bridgehead atoms. The lowest BCUT2D eigenvalue weighted by Crippen LogP contribution is -2.66. The van der Waals surface area contributed by atoms with Crippen molar-refractivity contribution in [1.29, 1.82) is 0 Å². The van der Waals surface area contributed by atoms with E-state index >= 15 is 0 Å². The Kier molecular flexibility index (Phi) is 11.7. The van der Waals surface area contributed by atoms with Gasteiger partial charge in [-0.2, -0.15) is 4.98 Å². The fraction of sp³-hybridized carbons (Fsp3) is 0.676. The highest BCUT2D eigenvalue weighted by atomic mass is 32.2. The van der Waals surface area contributed by atoms with Gasteiger partial charge in [0, 0.05) is 11.8 Å². The third-order valence-electron chi connectivity index (χ3n) is 10.2. The minimum atomic E-state index is -2.93. The van der Waals surface area contributed by atoms with E-state index in [9.17, 15) is 9.59 Å². The molecule has 9 nitrogen and oxygen atoms in total. The van der Waals surface area contributed by atoms with E-state index in [2.05, 4.69) is 99.6 Å². The number of amides is 1. The maximum Gasteiger partial charge on any atom is 0.350 e. The number of benzene rings is 1. The standard InChI is InChI=1S/C34H57N3O6SSi3/c1-22(2)46(23(3)4)40-21-27-29(42-47(43-46,24(5)6)25(7)8)30(41-45(12,13)34(9,10)11)32(44-27)37-20-19-28(36-33(37)39)35-31(38)26-17-15-14-16-18-26/h14-20,22-25,27,29-30,32H,21H2,1-13H3,(H,35,36,38,39)/t27-,29-,30-,32-/m1/s1. The van der Waals surface area contributed by atoms with Crippen LogP contribution in [-0.2, 0) is 17.4 Å². The van der Waals surface area contributed by atoms with E-state index in [4.69, 9.17) is 17.4 Å². The molecule has 1 aromatic carbocycles. The van der Waals surface area contributed by atoms with Crippen molar-refractivity contribution < 1.29 is 22.2 Å². The van der Waals surface area contributed by atoms with Crippen molar-refractivity contribution in [2.45, 2.75) is 139 Å². The zero-order valence-electron chi connectivity index (χ0n) is 30.6. The van der Waals surface area contributed by atoms with Crippen LogP contribution in [0.4, 0.5) is 5.82 Å². The summed E-state index contributed by atoms with van der Waals surface area (Å²) >= 11 is 1.68. The van der Waals surface area contributed by atoms with Gasteiger partial charge in [-0.25, -0.2) is 4.79 Å². The Balaban J connectivity index is 1.80. The van der Waals surface area contributed by atoms with Crippen LogP contribution in [-0.4, -0.2) is 65.0 Å². The number of nitrogens with one attached hydrogen (secondary N) is 1. The summed E-state index contributed by atoms with van der Waals surface area (Å²) in [5.74, 6) is -0.111. The van der Waals surface area contributed by atoms with Crippen molar-refractivity contribution in [3.8, 4) is 0 Å². The number of anilines is 1. The highest BCUT2D eigenvalue weighted by Gasteiger charge is 2.62. The Labute approximate surface area is 289 Å². The minimum absolute atomic E-state index is 0.0638. The Morgan fingerprint density at radius 1 is 0.979 bits per heavy atom. The zero-order valence-corrected chi connectivity index (χ0v) is 34.4. The molecule has 1 amide bonds. The predicted molar refractivity (Wildman–Crippen MR) is 199 cm³/mol. The first kappa shape index (κ1) is 38.2. The zero-order chi connectivity index (χ0) is 35.1. The topological polar surface area (TPSA) is 101 Å². The monoisotopic (exact) mass is 719 g/mol. The number of aromatic nitrogens is 2. The molecule has 1 N–H and O–H groups in total. The summed E-state index contributed by atoms with van der Waals surface area (Å²) in [5.41, 5.74) is 0.854. The largest absolute Gasteiger partial charge is 0.414 e. The summed E-state index contributed by atoms with van der Waals surface area (Å²) in [6.07, 6.45) is 0.952. The highest BCUT2D eigenvalue weighted by Crippen LogP contribution is 2.53. The summed E-state index contributed by atoms with van der Waals surface area (Å²) in [6, 6.07) is 10.6. The van der Waals surface area contributed by atoms with Gasteiger partial charge in [0.2, 0.25) is 0 Å². The van der Waals surface area contributed by atoms with Crippen molar-refractivity contribution in [3.63, 3.8) is 0 Å². The number of carbonyl (C=O) groups excluding carboxylic acids is 1. The van der Waals surface area contributed by atoms with Crippen molar-refractivity contribution in [2.24, 2.45) is 0 Å². The number of carbonyl (C=O) groups is 1. The van der Waals surface area contributed by atoms with Crippen molar-refractivity contribution in [1.82, 2.24) is 9.55 Å². The van der Waals surface area contributed by atoms with Crippen LogP contribution in [0.5, 0.6) is 0 Å². The molecule has 47 heavy (non-hydrogen) atoms. The van der Waals surface area contributed by atoms with Gasteiger partial charge in [-0.3, -0.25) is 9.36 Å². The van der Waals surface area contributed by atoms with Gasteiger partial charge in [-0.1, -0.05) is 94.4 Å². The van der Waals surface area contributed by atoms with Crippen molar-refractivity contribution in [3.05, 3.63) is 58.6 Å². The molecular formula is C34H57N3O6SSi3. The van der Waals surface area contributed by atoms with Gasteiger partial charge < -0.3 is 22.7 Å². The molecule has 2 aromatic rings. The van der Waals surface area contributed by atoms with E-state index in [1.165, 1.54) is 0 Å². The summed E-state index contributed by atoms with van der Waals surface area (Å²) in [4.78, 5) is 30.9. The van der Waals surface area contributed by atoms with Crippen LogP contribution in [0, 0.1) is 0 Å². The van der Waals surface area contributed by atoms with Gasteiger partial charge in [-0.15, -0.1) is 11.8 Å². The molecule has 4 rings (SSSR count). The average molecular weight is 720 g/mol. The lowest BCUT2D eigenvalue weighted by atomic mass is 10.1. The number of nitrogens with zero attached hydrogens (tertiary/aromatic N) is 2. The van der Waals surface area contributed by atoms with E-state index in [-0.39, 0.29) is 50.3 Å². The molecule has 3 heterocycles. The second kappa shape index (κ2) is 14.3. The summed E-state index contributed by atoms with van der Waals surface area (Å²) < 4.78 is 31.0. The molecule has 13 heteroatoms. The first-order chi connectivity index (χ1) is 21.8. The Hall–Kier alpha value is -1.59. The van der Waals surface area contributed by atoms with Crippen LogP contribution in [0.15, 0.2) is 47.4 Å². The molecule has 2 fully saturated rings. The number of rotatable bonds is 9. The predicted octanol–water partition coefficient (Wildman–Crippen LogP) is 8.46. The van der Waals surface area contributed by atoms with E-state index in [1.807, 2.05) is 6.07 Å². The van der Waals surface area contributed by atoms with Crippen LogP contribution in [0.1, 0.15) is 91.9 Å². The molecule has 4 atom stereocenters. The van der Waals surface area contributed by atoms with E-state index < -0.39 is 42.6 Å². The van der Waals surface area contributed by atoms with Gasteiger partial charge >= 0.3 is 22.8 Å². The van der Waals surface area contributed by atoms with Crippen molar-refractivity contribution in [2.75, 3.05) is 11.9 Å². The highest BCUT2D eigenvalue weighted by molar-refractivity contribution is 8.00. The molecule has 1 aromatic heterocycles. The lowest BCUT2D eigenvalue weighted by molar-refractivity contribution is -0.00315. The first-order valence-corrected chi connectivity index (χ1v) is 24.9. The number of hydrogen-bond acceptors (Lipinski definition) is 8. The lowest BCUT2D eigenvalue weighted by Gasteiger charge is -2.52. The maximum atomic E-state index is 13.8. The Bertz CT molecular complexity index is 1430. The van der Waals surface area contributed by atoms with Crippen LogP contribution in [0.25, 0.3) is 0 Å². The molecule has 0 spiro atoms. The fourth-order valence-electron chi connectivity index (χ4n) is 6.44. The summed E-state index contributed by atoms with van der Waals surface area (Å²) in [5, 5.41) is 2.23. The number of thioether (sulfide) groups is 1. The van der Waals surface area contributed by atoms with Crippen LogP contribution < -0.4 is 11.0 Å². The molecule has 2 aliphatic rings. The van der Waals surface area contributed by atoms with Gasteiger partial charge in [0.05, 0.1) is 18.0 Å². The maximum absolute atomic E-state index is 13.8. The van der Waals surface area contributed by atoms with Gasteiger partial charge in [0.25, 0.3) is 5.91 Å². The molecule has 2 saturated heterocycles. The third-order valence-corrected chi connectivity index (χ3v) is 26.5. The average Bonchev–Trinajstić information content (AvgIpc) is 3.27. The molecule has 2 aliphatic heterocycles. The minimum Gasteiger partial charge on any atom is -0.414 e. The van der Waals surface area contributed by atoms with E-state index in [1.54, 1.807) is 52.9 Å². The van der Waals surface area contributed by atoms with Gasteiger partial charge in [0.15, 0.2) is 8.32 Å². The molecule has 0 unspecified atom stereocenters. The van der Waals surface area contributed by atoms with Crippen LogP contribution >= 0.6 is 11.8 Å². The van der Waals surface area contributed by atoms with Crippen LogP contribution in [0.2, 0.25) is 40.3 Å². The second-order valence-electron chi connectivity index (χ2n) is 15.8. The molecule has 0 aliphatic carbocycles. The smallest absolute Gasteiger partial charge is 0.350 e. The van der Waals surface area contributed by atoms with Gasteiger partial charge in [0.1, 0.15) is 17.3 Å². The van der Waals surface area contributed by atoms with Crippen molar-refractivity contribution >= 4 is 48.9 Å². The number of fused-ring (bicyclic) bond motifs is 1. The van der Waals surface area contributed by atoms with Crippen LogP contribution in [0.3, 0.4) is 0 Å². The second-order valence-corrected chi connectivity index (χ2v) is 30.8. The van der Waals surface area contributed by atoms with Gasteiger partial charge in [-0.05, 0) is 58.5 Å². The molecule has 0 radical (unpaired) electrons. The van der Waals surface area contributed by atoms with E-state index in [0.717, 1.165) is 0 Å².